The Kier molecular flexibility index (Phi) is 6.20. The summed E-state index contributed by atoms with van der Waals surface area (Å²) in [6, 6.07) is 8.22. The minimum absolute atomic E-state index is 0.645. The fraction of sp³-hybridized carbons (Fsp3) is 0.333. The predicted octanol–water partition coefficient (Wildman–Crippen LogP) is 3.78. The van der Waals surface area contributed by atoms with Crippen LogP contribution in [0.2, 0.25) is 0 Å². The van der Waals surface area contributed by atoms with Gasteiger partial charge in [0.2, 0.25) is 0 Å². The molecule has 1 aromatic carbocycles. The van der Waals surface area contributed by atoms with Crippen molar-refractivity contribution in [3.05, 3.63) is 46.7 Å². The average Bonchev–Trinajstić information content (AvgIpc) is 2.89. The molecule has 0 radical (unpaired) electrons. The van der Waals surface area contributed by atoms with Crippen LogP contribution in [0.1, 0.15) is 25.3 Å². The van der Waals surface area contributed by atoms with Gasteiger partial charge in [-0.1, -0.05) is 41.4 Å². The van der Waals surface area contributed by atoms with Gasteiger partial charge in [0.25, 0.3) is 0 Å². The Bertz CT molecular complexity index is 580. The predicted molar refractivity (Wildman–Crippen MR) is 94.6 cm³/mol. The molecule has 0 saturated carbocycles. The van der Waals surface area contributed by atoms with Crippen molar-refractivity contribution in [1.82, 2.24) is 15.1 Å². The van der Waals surface area contributed by atoms with Gasteiger partial charge in [-0.25, -0.2) is 0 Å². The van der Waals surface area contributed by atoms with Gasteiger partial charge < -0.3 is 10.6 Å². The largest absolute Gasteiger partial charge is 0.362 e. The lowest BCUT2D eigenvalue weighted by atomic mass is 10.2. The van der Waals surface area contributed by atoms with Crippen molar-refractivity contribution in [2.45, 2.75) is 26.3 Å². The molecule has 0 amide bonds. The van der Waals surface area contributed by atoms with Crippen LogP contribution in [0, 0.1) is 0 Å². The molecule has 2 aromatic rings. The van der Waals surface area contributed by atoms with Gasteiger partial charge in [0.15, 0.2) is 5.11 Å². The molecule has 0 bridgehead atoms. The molecule has 6 heteroatoms. The van der Waals surface area contributed by atoms with Gasteiger partial charge in [0.05, 0.1) is 18.4 Å². The summed E-state index contributed by atoms with van der Waals surface area (Å²) in [5.74, 6) is 0. The number of nitrogens with one attached hydrogen (secondary N) is 2. The molecular formula is C15H19BrN4S. The Morgan fingerprint density at radius 3 is 2.81 bits per heavy atom. The number of hydrogen-bond acceptors (Lipinski definition) is 2. The highest BCUT2D eigenvalue weighted by molar-refractivity contribution is 9.10. The Balaban J connectivity index is 1.86. The summed E-state index contributed by atoms with van der Waals surface area (Å²) >= 11 is 8.67. The summed E-state index contributed by atoms with van der Waals surface area (Å²) in [5.41, 5.74) is 2.11. The van der Waals surface area contributed by atoms with Crippen molar-refractivity contribution >= 4 is 38.9 Å². The lowest BCUT2D eigenvalue weighted by Crippen LogP contribution is -2.28. The molecule has 0 fully saturated rings. The van der Waals surface area contributed by atoms with Crippen LogP contribution < -0.4 is 10.6 Å². The van der Waals surface area contributed by atoms with Crippen molar-refractivity contribution in [1.29, 1.82) is 0 Å². The molecule has 0 aliphatic heterocycles. The zero-order valence-corrected chi connectivity index (χ0v) is 14.4. The molecule has 112 valence electrons. The summed E-state index contributed by atoms with van der Waals surface area (Å²) in [6.07, 6.45) is 6.01. The molecule has 0 spiro atoms. The Morgan fingerprint density at radius 1 is 1.33 bits per heavy atom. The smallest absolute Gasteiger partial charge is 0.170 e. The van der Waals surface area contributed by atoms with E-state index in [0.717, 1.165) is 36.1 Å². The van der Waals surface area contributed by atoms with Gasteiger partial charge in [-0.2, -0.15) is 5.10 Å². The third-order valence-corrected chi connectivity index (χ3v) is 3.74. The summed E-state index contributed by atoms with van der Waals surface area (Å²) in [4.78, 5) is 0. The first-order chi connectivity index (χ1) is 10.2. The lowest BCUT2D eigenvalue weighted by Gasteiger charge is -2.07. The van der Waals surface area contributed by atoms with E-state index in [2.05, 4.69) is 50.7 Å². The van der Waals surface area contributed by atoms with Crippen LogP contribution in [0.4, 0.5) is 5.69 Å². The molecule has 0 aliphatic carbocycles. The van der Waals surface area contributed by atoms with Gasteiger partial charge in [-0.3, -0.25) is 4.68 Å². The van der Waals surface area contributed by atoms with E-state index in [1.54, 1.807) is 6.20 Å². The summed E-state index contributed by atoms with van der Waals surface area (Å²) in [7, 11) is 0. The van der Waals surface area contributed by atoms with E-state index in [-0.39, 0.29) is 0 Å². The summed E-state index contributed by atoms with van der Waals surface area (Å²) < 4.78 is 2.97. The van der Waals surface area contributed by atoms with E-state index < -0.39 is 0 Å². The summed E-state index contributed by atoms with van der Waals surface area (Å²) in [5, 5.41) is 11.3. The third-order valence-electron chi connectivity index (χ3n) is 2.96. The van der Waals surface area contributed by atoms with Crippen LogP contribution in [0.15, 0.2) is 41.1 Å². The molecular weight excluding hydrogens is 348 g/mol. The van der Waals surface area contributed by atoms with Crippen molar-refractivity contribution < 1.29 is 0 Å². The maximum Gasteiger partial charge on any atom is 0.170 e. The van der Waals surface area contributed by atoms with Crippen LogP contribution >= 0.6 is 28.1 Å². The second-order valence-electron chi connectivity index (χ2n) is 4.79. The molecule has 1 heterocycles. The Labute approximate surface area is 139 Å². The highest BCUT2D eigenvalue weighted by Crippen LogP contribution is 2.12. The average molecular weight is 367 g/mol. The fourth-order valence-corrected chi connectivity index (χ4v) is 2.33. The second-order valence-corrected chi connectivity index (χ2v) is 6.11. The van der Waals surface area contributed by atoms with Crippen molar-refractivity contribution in [3.63, 3.8) is 0 Å². The van der Waals surface area contributed by atoms with E-state index in [4.69, 9.17) is 12.2 Å². The number of hydrogen-bond donors (Lipinski definition) is 2. The standard InChI is InChI=1S/C15H19BrN4S/c1-2-3-8-17-15(21)19-14-9-18-20(11-14)10-12-4-6-13(16)7-5-12/h4-7,9,11H,2-3,8,10H2,1H3,(H2,17,19,21). The highest BCUT2D eigenvalue weighted by Gasteiger charge is 2.02. The molecule has 4 nitrogen and oxygen atoms in total. The van der Waals surface area contributed by atoms with Crippen molar-refractivity contribution in [2.75, 3.05) is 11.9 Å². The van der Waals surface area contributed by atoms with Gasteiger partial charge >= 0.3 is 0 Å². The van der Waals surface area contributed by atoms with Crippen LogP contribution in [-0.4, -0.2) is 21.4 Å². The number of thiocarbonyl (C=S) groups is 1. The molecule has 0 saturated heterocycles. The Morgan fingerprint density at radius 2 is 2.10 bits per heavy atom. The van der Waals surface area contributed by atoms with Gasteiger partial charge in [0.1, 0.15) is 0 Å². The van der Waals surface area contributed by atoms with Crippen molar-refractivity contribution in [3.8, 4) is 0 Å². The van der Waals surface area contributed by atoms with E-state index >= 15 is 0 Å². The van der Waals surface area contributed by atoms with E-state index in [1.807, 2.05) is 23.0 Å². The van der Waals surface area contributed by atoms with Crippen molar-refractivity contribution in [2.24, 2.45) is 0 Å². The molecule has 2 rings (SSSR count). The van der Waals surface area contributed by atoms with Gasteiger partial charge in [-0.15, -0.1) is 0 Å². The molecule has 0 aliphatic rings. The zero-order valence-electron chi connectivity index (χ0n) is 12.0. The van der Waals surface area contributed by atoms with Crippen LogP contribution in [0.5, 0.6) is 0 Å². The maximum absolute atomic E-state index is 5.24. The Hall–Kier alpha value is -1.40. The monoisotopic (exact) mass is 366 g/mol. The normalized spacial score (nSPS) is 10.4. The first kappa shape index (κ1) is 16.0. The van der Waals surface area contributed by atoms with Crippen LogP contribution in [0.3, 0.4) is 0 Å². The molecule has 2 N–H and O–H groups in total. The number of unbranched alkanes of at least 4 members (excludes halogenated alkanes) is 1. The second kappa shape index (κ2) is 8.14. The van der Waals surface area contributed by atoms with Gasteiger partial charge in [-0.05, 0) is 36.3 Å². The number of benzene rings is 1. The van der Waals surface area contributed by atoms with Crippen LogP contribution in [0.25, 0.3) is 0 Å². The number of aromatic nitrogens is 2. The number of nitrogens with zero attached hydrogens (tertiary/aromatic N) is 2. The first-order valence-corrected chi connectivity index (χ1v) is 8.19. The zero-order chi connectivity index (χ0) is 15.1. The molecule has 1 aromatic heterocycles. The maximum atomic E-state index is 5.24. The van der Waals surface area contributed by atoms with E-state index in [1.165, 1.54) is 5.56 Å². The minimum atomic E-state index is 0.645. The number of anilines is 1. The highest BCUT2D eigenvalue weighted by atomic mass is 79.9. The lowest BCUT2D eigenvalue weighted by molar-refractivity contribution is 0.687. The number of rotatable bonds is 6. The topological polar surface area (TPSA) is 41.9 Å². The SMILES string of the molecule is CCCCNC(=S)Nc1cnn(Cc2ccc(Br)cc2)c1. The molecule has 0 unspecified atom stereocenters. The molecule has 0 atom stereocenters. The van der Waals surface area contributed by atoms with Gasteiger partial charge in [0, 0.05) is 17.2 Å². The minimum Gasteiger partial charge on any atom is -0.362 e. The molecule has 21 heavy (non-hydrogen) atoms. The summed E-state index contributed by atoms with van der Waals surface area (Å²) in [6.45, 7) is 3.80. The quantitative estimate of drug-likeness (QED) is 0.602. The number of halogens is 1. The third kappa shape index (κ3) is 5.47. The van der Waals surface area contributed by atoms with Crippen LogP contribution in [-0.2, 0) is 6.54 Å². The first-order valence-electron chi connectivity index (χ1n) is 6.99. The van der Waals surface area contributed by atoms with E-state index in [9.17, 15) is 0 Å². The van der Waals surface area contributed by atoms with E-state index in [0.29, 0.717) is 5.11 Å². The fourth-order valence-electron chi connectivity index (χ4n) is 1.85.